The van der Waals surface area contributed by atoms with Crippen LogP contribution in [0.5, 0.6) is 0 Å². The summed E-state index contributed by atoms with van der Waals surface area (Å²) in [6.07, 6.45) is 3.64. The van der Waals surface area contributed by atoms with E-state index in [1.54, 1.807) is 11.3 Å². The second-order valence-corrected chi connectivity index (χ2v) is 6.56. The molecule has 1 atom stereocenters. The molecule has 0 spiro atoms. The van der Waals surface area contributed by atoms with E-state index in [4.69, 9.17) is 5.73 Å². The molecule has 3 nitrogen and oxygen atoms in total. The number of guanidine groups is 1. The molecule has 1 fully saturated rings. The average Bonchev–Trinajstić information content (AvgIpc) is 2.99. The van der Waals surface area contributed by atoms with Crippen molar-refractivity contribution in [2.75, 3.05) is 18.8 Å². The molecule has 1 aromatic rings. The molecular formula is C12H19N3S2. The molecule has 2 heterocycles. The second kappa shape index (κ2) is 6.91. The Morgan fingerprint density at radius 1 is 1.59 bits per heavy atom. The fourth-order valence-corrected chi connectivity index (χ4v) is 3.70. The van der Waals surface area contributed by atoms with Crippen LogP contribution < -0.4 is 11.1 Å². The minimum atomic E-state index is 0.592. The van der Waals surface area contributed by atoms with Gasteiger partial charge in [-0.05, 0) is 36.5 Å². The monoisotopic (exact) mass is 269 g/mol. The van der Waals surface area contributed by atoms with Gasteiger partial charge >= 0.3 is 0 Å². The molecule has 0 bridgehead atoms. The molecule has 2 rings (SSSR count). The maximum Gasteiger partial charge on any atom is 0.188 e. The van der Waals surface area contributed by atoms with E-state index < -0.39 is 0 Å². The number of hydrogen-bond donors (Lipinski definition) is 2. The zero-order valence-corrected chi connectivity index (χ0v) is 11.5. The topological polar surface area (TPSA) is 50.4 Å². The lowest BCUT2D eigenvalue weighted by Crippen LogP contribution is -2.33. The summed E-state index contributed by atoms with van der Waals surface area (Å²) >= 11 is 3.80. The Kier molecular flexibility index (Phi) is 5.19. The first-order valence-corrected chi connectivity index (χ1v) is 7.95. The van der Waals surface area contributed by atoms with Crippen molar-refractivity contribution in [1.29, 1.82) is 0 Å². The fourth-order valence-electron chi connectivity index (χ4n) is 1.81. The molecule has 1 aliphatic rings. The van der Waals surface area contributed by atoms with E-state index in [0.717, 1.165) is 19.5 Å². The molecule has 1 aromatic heterocycles. The highest BCUT2D eigenvalue weighted by Gasteiger charge is 2.14. The average molecular weight is 269 g/mol. The molecule has 0 aliphatic carbocycles. The largest absolute Gasteiger partial charge is 0.370 e. The normalized spacial score (nSPS) is 20.7. The number of nitrogens with one attached hydrogen (secondary N) is 1. The maximum atomic E-state index is 5.82. The van der Waals surface area contributed by atoms with Crippen LogP contribution in [0.25, 0.3) is 0 Å². The van der Waals surface area contributed by atoms with Crippen molar-refractivity contribution in [2.45, 2.75) is 24.5 Å². The van der Waals surface area contributed by atoms with Gasteiger partial charge in [-0.2, -0.15) is 11.8 Å². The zero-order valence-electron chi connectivity index (χ0n) is 9.89. The summed E-state index contributed by atoms with van der Waals surface area (Å²) in [6, 6.07) is 4.23. The summed E-state index contributed by atoms with van der Waals surface area (Å²) in [6.45, 7) is 1.73. The molecule has 1 saturated heterocycles. The van der Waals surface area contributed by atoms with Crippen molar-refractivity contribution in [3.8, 4) is 0 Å². The SMILES string of the molecule is NC(=NCC1CCCS1)NCCc1cccs1. The van der Waals surface area contributed by atoms with Crippen molar-refractivity contribution in [3.63, 3.8) is 0 Å². The fraction of sp³-hybridized carbons (Fsp3) is 0.583. The van der Waals surface area contributed by atoms with Crippen molar-refractivity contribution in [1.82, 2.24) is 5.32 Å². The summed E-state index contributed by atoms with van der Waals surface area (Å²) in [5.41, 5.74) is 5.82. The Morgan fingerprint density at radius 2 is 2.53 bits per heavy atom. The Morgan fingerprint density at radius 3 is 3.24 bits per heavy atom. The van der Waals surface area contributed by atoms with Gasteiger partial charge in [0.1, 0.15) is 0 Å². The van der Waals surface area contributed by atoms with Gasteiger partial charge in [0.2, 0.25) is 0 Å². The molecule has 0 amide bonds. The predicted molar refractivity (Wildman–Crippen MR) is 78.0 cm³/mol. The lowest BCUT2D eigenvalue weighted by molar-refractivity contribution is 0.777. The van der Waals surface area contributed by atoms with Gasteiger partial charge in [-0.15, -0.1) is 11.3 Å². The van der Waals surface area contributed by atoms with Crippen LogP contribution in [0.4, 0.5) is 0 Å². The van der Waals surface area contributed by atoms with Crippen LogP contribution in [-0.4, -0.2) is 30.1 Å². The van der Waals surface area contributed by atoms with E-state index >= 15 is 0 Å². The van der Waals surface area contributed by atoms with Gasteiger partial charge in [0.25, 0.3) is 0 Å². The predicted octanol–water partition coefficient (Wildman–Crippen LogP) is 2.09. The Labute approximate surface area is 111 Å². The van der Waals surface area contributed by atoms with E-state index in [0.29, 0.717) is 11.2 Å². The van der Waals surface area contributed by atoms with Gasteiger partial charge in [0, 0.05) is 16.7 Å². The van der Waals surface area contributed by atoms with E-state index in [2.05, 4.69) is 27.8 Å². The quantitative estimate of drug-likeness (QED) is 0.636. The van der Waals surface area contributed by atoms with Crippen molar-refractivity contribution in [2.24, 2.45) is 10.7 Å². The number of aliphatic imine (C=N–C) groups is 1. The third kappa shape index (κ3) is 4.60. The molecule has 0 radical (unpaired) electrons. The smallest absolute Gasteiger partial charge is 0.188 e. The van der Waals surface area contributed by atoms with Crippen LogP contribution in [0, 0.1) is 0 Å². The first-order chi connectivity index (χ1) is 8.34. The zero-order chi connectivity index (χ0) is 11.9. The third-order valence-corrected chi connectivity index (χ3v) is 5.06. The molecule has 1 aliphatic heterocycles. The van der Waals surface area contributed by atoms with Gasteiger partial charge in [0.05, 0.1) is 6.54 Å². The van der Waals surface area contributed by atoms with Gasteiger partial charge in [-0.25, -0.2) is 0 Å². The van der Waals surface area contributed by atoms with Gasteiger partial charge in [-0.3, -0.25) is 4.99 Å². The number of hydrogen-bond acceptors (Lipinski definition) is 3. The lowest BCUT2D eigenvalue weighted by Gasteiger charge is -2.07. The number of thioether (sulfide) groups is 1. The van der Waals surface area contributed by atoms with E-state index in [1.807, 2.05) is 11.8 Å². The number of rotatable bonds is 5. The molecule has 17 heavy (non-hydrogen) atoms. The Hall–Kier alpha value is -0.680. The summed E-state index contributed by atoms with van der Waals surface area (Å²) < 4.78 is 0. The highest BCUT2D eigenvalue weighted by molar-refractivity contribution is 8.00. The van der Waals surface area contributed by atoms with Crippen LogP contribution in [0.15, 0.2) is 22.5 Å². The van der Waals surface area contributed by atoms with Crippen molar-refractivity contribution in [3.05, 3.63) is 22.4 Å². The highest BCUT2D eigenvalue weighted by Crippen LogP contribution is 2.25. The number of nitrogens with two attached hydrogens (primary N) is 1. The lowest BCUT2D eigenvalue weighted by atomic mass is 10.2. The minimum absolute atomic E-state index is 0.592. The van der Waals surface area contributed by atoms with Crippen molar-refractivity contribution >= 4 is 29.1 Å². The summed E-state index contributed by atoms with van der Waals surface area (Å²) in [5.74, 6) is 1.88. The molecule has 3 N–H and O–H groups in total. The van der Waals surface area contributed by atoms with Crippen LogP contribution in [0.1, 0.15) is 17.7 Å². The summed E-state index contributed by atoms with van der Waals surface area (Å²) in [5, 5.41) is 5.96. The second-order valence-electron chi connectivity index (χ2n) is 4.12. The highest BCUT2D eigenvalue weighted by atomic mass is 32.2. The molecule has 5 heteroatoms. The van der Waals surface area contributed by atoms with Gasteiger partial charge in [0.15, 0.2) is 5.96 Å². The standard InChI is InChI=1S/C12H19N3S2/c13-12(15-9-11-4-2-8-17-11)14-6-5-10-3-1-7-16-10/h1,3,7,11H,2,4-6,8-9H2,(H3,13,14,15). The first-order valence-electron chi connectivity index (χ1n) is 6.02. The first kappa shape index (κ1) is 12.8. The molecular weight excluding hydrogens is 250 g/mol. The number of nitrogens with zero attached hydrogens (tertiary/aromatic N) is 1. The maximum absolute atomic E-state index is 5.82. The number of thiophene rings is 1. The summed E-state index contributed by atoms with van der Waals surface area (Å²) in [4.78, 5) is 5.78. The summed E-state index contributed by atoms with van der Waals surface area (Å²) in [7, 11) is 0. The van der Waals surface area contributed by atoms with Crippen LogP contribution in [0.3, 0.4) is 0 Å². The molecule has 0 aromatic carbocycles. The van der Waals surface area contributed by atoms with Crippen LogP contribution >= 0.6 is 23.1 Å². The van der Waals surface area contributed by atoms with Gasteiger partial charge < -0.3 is 11.1 Å². The molecule has 1 unspecified atom stereocenters. The van der Waals surface area contributed by atoms with Crippen LogP contribution in [-0.2, 0) is 6.42 Å². The van der Waals surface area contributed by atoms with Crippen LogP contribution in [0.2, 0.25) is 0 Å². The van der Waals surface area contributed by atoms with Crippen molar-refractivity contribution < 1.29 is 0 Å². The van der Waals surface area contributed by atoms with E-state index in [9.17, 15) is 0 Å². The molecule has 0 saturated carbocycles. The van der Waals surface area contributed by atoms with Gasteiger partial charge in [-0.1, -0.05) is 6.07 Å². The Balaban J connectivity index is 1.62. The van der Waals surface area contributed by atoms with E-state index in [-0.39, 0.29) is 0 Å². The molecule has 94 valence electrons. The Bertz CT molecular complexity index is 343. The minimum Gasteiger partial charge on any atom is -0.370 e. The van der Waals surface area contributed by atoms with E-state index in [1.165, 1.54) is 23.5 Å². The third-order valence-electron chi connectivity index (χ3n) is 2.75.